The highest BCUT2D eigenvalue weighted by Gasteiger charge is 2.22. The van der Waals surface area contributed by atoms with Crippen LogP contribution in [-0.2, 0) is 14.2 Å². The van der Waals surface area contributed by atoms with E-state index in [1.54, 1.807) is 0 Å². The molecular formula is C10H17F3O3. The predicted molar refractivity (Wildman–Crippen MR) is 53.1 cm³/mol. The number of alkyl halides is 3. The van der Waals surface area contributed by atoms with Crippen LogP contribution >= 0.6 is 0 Å². The molecule has 0 atom stereocenters. The summed E-state index contributed by atoms with van der Waals surface area (Å²) in [6.07, 6.45) is -2.71. The molecule has 0 aliphatic heterocycles. The lowest BCUT2D eigenvalue weighted by atomic mass is 10.5. The molecule has 0 aromatic rings. The van der Waals surface area contributed by atoms with Gasteiger partial charge in [-0.3, -0.25) is 0 Å². The highest BCUT2D eigenvalue weighted by Crippen LogP contribution is 2.15. The van der Waals surface area contributed by atoms with Crippen LogP contribution in [0.4, 0.5) is 13.2 Å². The molecular weight excluding hydrogens is 225 g/mol. The van der Waals surface area contributed by atoms with Crippen molar-refractivity contribution in [2.75, 3.05) is 33.0 Å². The third-order valence-corrected chi connectivity index (χ3v) is 1.42. The van der Waals surface area contributed by atoms with Gasteiger partial charge in [-0.2, -0.15) is 13.2 Å². The summed E-state index contributed by atoms with van der Waals surface area (Å²) in [6.45, 7) is 3.95. The van der Waals surface area contributed by atoms with Gasteiger partial charge < -0.3 is 14.2 Å². The summed E-state index contributed by atoms with van der Waals surface area (Å²) in [5.41, 5.74) is 0. The summed E-state index contributed by atoms with van der Waals surface area (Å²) >= 11 is 0. The summed E-state index contributed by atoms with van der Waals surface area (Å²) in [5.74, 6) is 0. The minimum Gasteiger partial charge on any atom is -0.499 e. The molecule has 0 aromatic carbocycles. The van der Waals surface area contributed by atoms with Crippen LogP contribution in [0, 0.1) is 0 Å². The third kappa shape index (κ3) is 13.2. The smallest absolute Gasteiger partial charge is 0.412 e. The highest BCUT2D eigenvalue weighted by molar-refractivity contribution is 4.82. The first kappa shape index (κ1) is 15.2. The van der Waals surface area contributed by atoms with Gasteiger partial charge in [-0.25, -0.2) is 0 Å². The molecule has 0 aliphatic carbocycles. The van der Waals surface area contributed by atoms with Crippen LogP contribution in [0.1, 0.15) is 13.3 Å². The zero-order valence-electron chi connectivity index (χ0n) is 9.26. The van der Waals surface area contributed by atoms with Crippen molar-refractivity contribution in [1.82, 2.24) is 0 Å². The zero-order valence-corrected chi connectivity index (χ0v) is 9.26. The van der Waals surface area contributed by atoms with Crippen molar-refractivity contribution >= 4 is 0 Å². The van der Waals surface area contributed by atoms with Crippen molar-refractivity contribution < 1.29 is 27.4 Å². The quantitative estimate of drug-likeness (QED) is 0.459. The molecule has 0 saturated carbocycles. The molecule has 0 aromatic heterocycles. The van der Waals surface area contributed by atoms with Crippen molar-refractivity contribution in [1.29, 1.82) is 0 Å². The molecule has 96 valence electrons. The van der Waals surface area contributed by atoms with Gasteiger partial charge in [0.1, 0.15) is 6.61 Å². The Kier molecular flexibility index (Phi) is 9.03. The van der Waals surface area contributed by atoms with Gasteiger partial charge >= 0.3 is 6.18 Å². The van der Waals surface area contributed by atoms with E-state index >= 15 is 0 Å². The Morgan fingerprint density at radius 2 is 1.50 bits per heavy atom. The molecule has 0 saturated heterocycles. The average molecular weight is 242 g/mol. The number of ether oxygens (including phenoxy) is 3. The van der Waals surface area contributed by atoms with Crippen molar-refractivity contribution in [2.45, 2.75) is 19.5 Å². The van der Waals surface area contributed by atoms with Crippen molar-refractivity contribution in [3.05, 3.63) is 12.3 Å². The maximum atomic E-state index is 11.6. The fourth-order valence-corrected chi connectivity index (χ4v) is 0.767. The first-order valence-electron chi connectivity index (χ1n) is 5.08. The highest BCUT2D eigenvalue weighted by atomic mass is 19.4. The minimum absolute atomic E-state index is 0.0390. The van der Waals surface area contributed by atoms with E-state index in [0.29, 0.717) is 26.1 Å². The molecule has 0 N–H and O–H groups in total. The number of rotatable bonds is 9. The van der Waals surface area contributed by atoms with E-state index in [-0.39, 0.29) is 19.3 Å². The Hall–Kier alpha value is -0.750. The van der Waals surface area contributed by atoms with Gasteiger partial charge in [0.2, 0.25) is 0 Å². The van der Waals surface area contributed by atoms with E-state index in [9.17, 15) is 13.2 Å². The van der Waals surface area contributed by atoms with E-state index < -0.39 is 6.18 Å². The normalized spacial score (nSPS) is 12.2. The van der Waals surface area contributed by atoms with E-state index in [4.69, 9.17) is 9.47 Å². The Bertz CT molecular complexity index is 181. The van der Waals surface area contributed by atoms with Gasteiger partial charge in [0.15, 0.2) is 0 Å². The maximum absolute atomic E-state index is 11.6. The van der Waals surface area contributed by atoms with Crippen LogP contribution in [0.2, 0.25) is 0 Å². The Labute approximate surface area is 93.2 Å². The number of hydrogen-bond donors (Lipinski definition) is 0. The Morgan fingerprint density at radius 3 is 2.06 bits per heavy atom. The van der Waals surface area contributed by atoms with Crippen LogP contribution < -0.4 is 0 Å². The third-order valence-electron chi connectivity index (χ3n) is 1.42. The van der Waals surface area contributed by atoms with Gasteiger partial charge in [-0.1, -0.05) is 6.92 Å². The van der Waals surface area contributed by atoms with Crippen LogP contribution in [0.15, 0.2) is 12.3 Å². The SMILES string of the molecule is CCCOCCOCCOC=CC(F)(F)F. The number of allylic oxidation sites excluding steroid dienone is 1. The first-order chi connectivity index (χ1) is 7.56. The first-order valence-corrected chi connectivity index (χ1v) is 5.08. The second-order valence-corrected chi connectivity index (χ2v) is 2.94. The molecule has 0 bridgehead atoms. The van der Waals surface area contributed by atoms with Crippen LogP contribution in [0.3, 0.4) is 0 Å². The lowest BCUT2D eigenvalue weighted by Crippen LogP contribution is -2.08. The lowest BCUT2D eigenvalue weighted by Gasteiger charge is -2.05. The molecule has 0 heterocycles. The molecule has 0 aliphatic rings. The number of halogens is 3. The number of hydrogen-bond acceptors (Lipinski definition) is 3. The minimum atomic E-state index is -4.32. The fourth-order valence-electron chi connectivity index (χ4n) is 0.767. The van der Waals surface area contributed by atoms with Gasteiger partial charge in [-0.05, 0) is 6.42 Å². The van der Waals surface area contributed by atoms with Crippen LogP contribution in [-0.4, -0.2) is 39.2 Å². The largest absolute Gasteiger partial charge is 0.499 e. The fraction of sp³-hybridized carbons (Fsp3) is 0.800. The maximum Gasteiger partial charge on any atom is 0.412 e. The van der Waals surface area contributed by atoms with Gasteiger partial charge in [-0.15, -0.1) is 0 Å². The lowest BCUT2D eigenvalue weighted by molar-refractivity contribution is -0.0819. The molecule has 16 heavy (non-hydrogen) atoms. The second kappa shape index (κ2) is 9.47. The van der Waals surface area contributed by atoms with E-state index in [1.807, 2.05) is 6.92 Å². The summed E-state index contributed by atoms with van der Waals surface area (Å²) in [6, 6.07) is 0. The van der Waals surface area contributed by atoms with Crippen LogP contribution in [0.25, 0.3) is 0 Å². The van der Waals surface area contributed by atoms with Gasteiger partial charge in [0.05, 0.1) is 32.2 Å². The predicted octanol–water partition coefficient (Wildman–Crippen LogP) is 2.52. The Morgan fingerprint density at radius 1 is 0.938 bits per heavy atom. The van der Waals surface area contributed by atoms with E-state index in [1.165, 1.54) is 0 Å². The summed E-state index contributed by atoms with van der Waals surface area (Å²) < 4.78 is 49.5. The van der Waals surface area contributed by atoms with Crippen molar-refractivity contribution in [2.24, 2.45) is 0 Å². The summed E-state index contributed by atoms with van der Waals surface area (Å²) in [5, 5.41) is 0. The average Bonchev–Trinajstić information content (AvgIpc) is 2.19. The summed E-state index contributed by atoms with van der Waals surface area (Å²) in [4.78, 5) is 0. The molecule has 0 radical (unpaired) electrons. The standard InChI is InChI=1S/C10H17F3O3/c1-2-4-14-6-8-16-9-7-15-5-3-10(11,12)13/h3,5H,2,4,6-9H2,1H3. The topological polar surface area (TPSA) is 27.7 Å². The van der Waals surface area contributed by atoms with Crippen molar-refractivity contribution in [3.8, 4) is 0 Å². The summed E-state index contributed by atoms with van der Waals surface area (Å²) in [7, 11) is 0. The van der Waals surface area contributed by atoms with E-state index in [2.05, 4.69) is 4.74 Å². The van der Waals surface area contributed by atoms with E-state index in [0.717, 1.165) is 6.42 Å². The van der Waals surface area contributed by atoms with Crippen LogP contribution in [0.5, 0.6) is 0 Å². The molecule has 3 nitrogen and oxygen atoms in total. The molecule has 0 spiro atoms. The molecule has 6 heteroatoms. The molecule has 0 amide bonds. The monoisotopic (exact) mass is 242 g/mol. The molecule has 0 unspecified atom stereocenters. The van der Waals surface area contributed by atoms with Gasteiger partial charge in [0.25, 0.3) is 0 Å². The zero-order chi connectivity index (χ0) is 12.3. The second-order valence-electron chi connectivity index (χ2n) is 2.94. The Balaban J connectivity index is 3.13. The van der Waals surface area contributed by atoms with Crippen molar-refractivity contribution in [3.63, 3.8) is 0 Å². The molecule has 0 fully saturated rings. The molecule has 0 rings (SSSR count). The van der Waals surface area contributed by atoms with Gasteiger partial charge in [0, 0.05) is 6.61 Å².